The maximum Gasteiger partial charge on any atom is 0.298 e. The molecule has 1 radical (unpaired) electrons. The van der Waals surface area contributed by atoms with Gasteiger partial charge < -0.3 is 4.74 Å². The van der Waals surface area contributed by atoms with E-state index in [2.05, 4.69) is 0 Å². The first kappa shape index (κ1) is 10.0. The van der Waals surface area contributed by atoms with Crippen LogP contribution in [-0.4, -0.2) is 15.5 Å². The van der Waals surface area contributed by atoms with Crippen molar-refractivity contribution in [2.75, 3.05) is 7.11 Å². The van der Waals surface area contributed by atoms with Crippen molar-refractivity contribution in [1.29, 1.82) is 0 Å². The average molecular weight is 201 g/mol. The summed E-state index contributed by atoms with van der Waals surface area (Å²) in [5.74, 6) is 0.0469. The van der Waals surface area contributed by atoms with Gasteiger partial charge in [0.15, 0.2) is 0 Å². The van der Waals surface area contributed by atoms with Gasteiger partial charge in [0, 0.05) is 0 Å². The fourth-order valence-corrected chi connectivity index (χ4v) is 1.55. The van der Waals surface area contributed by atoms with E-state index in [9.17, 15) is 13.0 Å². The van der Waals surface area contributed by atoms with E-state index < -0.39 is 15.9 Å². The zero-order chi connectivity index (χ0) is 9.90. The minimum Gasteiger partial charge on any atom is -0.497 e. The predicted molar refractivity (Wildman–Crippen MR) is 46.3 cm³/mol. The molecule has 0 aliphatic heterocycles. The van der Waals surface area contributed by atoms with Crippen molar-refractivity contribution in [3.8, 4) is 5.75 Å². The molecule has 0 unspecified atom stereocenters. The molecule has 0 amide bonds. The first-order chi connectivity index (χ1) is 6.01. The molecule has 0 saturated heterocycles. The van der Waals surface area contributed by atoms with Crippen molar-refractivity contribution in [2.24, 2.45) is 0 Å². The second-order valence-corrected chi connectivity index (χ2v) is 3.96. The zero-order valence-corrected chi connectivity index (χ0v) is 7.87. The van der Waals surface area contributed by atoms with E-state index >= 15 is 0 Å². The molecule has 5 heteroatoms. The summed E-state index contributed by atoms with van der Waals surface area (Å²) in [6.45, 7) is 0. The number of ether oxygens (including phenoxy) is 1. The van der Waals surface area contributed by atoms with Crippen LogP contribution in [0.25, 0.3) is 0 Å². The van der Waals surface area contributed by atoms with Crippen LogP contribution in [0.4, 0.5) is 0 Å². The van der Waals surface area contributed by atoms with Crippen molar-refractivity contribution < 1.29 is 17.7 Å². The van der Waals surface area contributed by atoms with Crippen LogP contribution in [0.5, 0.6) is 5.75 Å². The third-order valence-electron chi connectivity index (χ3n) is 1.48. The fourth-order valence-electron chi connectivity index (χ4n) is 0.966. The maximum atomic E-state index is 10.4. The minimum absolute atomic E-state index is 0.439. The Morgan fingerprint density at radius 1 is 1.38 bits per heavy atom. The van der Waals surface area contributed by atoms with Gasteiger partial charge in [-0.05, 0) is 17.7 Å². The van der Waals surface area contributed by atoms with E-state index in [1.807, 2.05) is 0 Å². The molecule has 0 atom stereocenters. The Kier molecular flexibility index (Phi) is 2.90. The molecule has 1 aromatic carbocycles. The van der Waals surface area contributed by atoms with Crippen LogP contribution in [0.2, 0.25) is 0 Å². The van der Waals surface area contributed by atoms with Crippen molar-refractivity contribution in [2.45, 2.75) is 5.75 Å². The lowest BCUT2D eigenvalue weighted by Crippen LogP contribution is -1.99. The number of methoxy groups -OCH3 is 1. The second-order valence-electron chi connectivity index (χ2n) is 2.55. The summed E-state index contributed by atoms with van der Waals surface area (Å²) in [4.78, 5) is 0. The van der Waals surface area contributed by atoms with Gasteiger partial charge in [-0.15, -0.1) is 0 Å². The summed E-state index contributed by atoms with van der Waals surface area (Å²) in [6.07, 6.45) is 0. The summed E-state index contributed by atoms with van der Waals surface area (Å²) in [5.41, 5.74) is 0.439. The molecule has 1 aromatic rings. The first-order valence-corrected chi connectivity index (χ1v) is 5.15. The van der Waals surface area contributed by atoms with E-state index in [0.29, 0.717) is 11.3 Å². The number of benzene rings is 1. The highest BCUT2D eigenvalue weighted by Crippen LogP contribution is 2.14. The minimum atomic E-state index is -4.21. The Balaban J connectivity index is 2.90. The second kappa shape index (κ2) is 3.76. The van der Waals surface area contributed by atoms with Gasteiger partial charge in [-0.25, -0.2) is 0 Å². The van der Waals surface area contributed by atoms with Crippen LogP contribution in [0.15, 0.2) is 24.3 Å². The van der Waals surface area contributed by atoms with E-state index in [1.54, 1.807) is 18.2 Å². The van der Waals surface area contributed by atoms with E-state index in [0.717, 1.165) is 0 Å². The van der Waals surface area contributed by atoms with Gasteiger partial charge in [-0.1, -0.05) is 16.7 Å². The molecule has 0 N–H and O–H groups in total. The molecule has 13 heavy (non-hydrogen) atoms. The summed E-state index contributed by atoms with van der Waals surface area (Å²) >= 11 is 0. The molecule has 0 fully saturated rings. The lowest BCUT2D eigenvalue weighted by Gasteiger charge is -2.01. The van der Waals surface area contributed by atoms with Gasteiger partial charge >= 0.3 is 0 Å². The van der Waals surface area contributed by atoms with Crippen LogP contribution < -0.4 is 4.74 Å². The Morgan fingerprint density at radius 3 is 2.62 bits per heavy atom. The number of rotatable bonds is 3. The van der Waals surface area contributed by atoms with Crippen LogP contribution >= 0.6 is 0 Å². The third kappa shape index (κ3) is 3.43. The molecule has 0 saturated carbocycles. The maximum absolute atomic E-state index is 10.4. The monoisotopic (exact) mass is 201 g/mol. The van der Waals surface area contributed by atoms with Gasteiger partial charge in [-0.3, -0.25) is 0 Å². The number of hydrogen-bond donors (Lipinski definition) is 0. The van der Waals surface area contributed by atoms with E-state index in [4.69, 9.17) is 4.74 Å². The quantitative estimate of drug-likeness (QED) is 0.731. The average Bonchev–Trinajstić information content (AvgIpc) is 2.01. The molecule has 1 rings (SSSR count). The normalized spacial score (nSPS) is 11.2. The molecule has 0 aliphatic carbocycles. The van der Waals surface area contributed by atoms with Crippen molar-refractivity contribution in [3.05, 3.63) is 29.8 Å². The molecule has 71 valence electrons. The van der Waals surface area contributed by atoms with Gasteiger partial charge in [0.1, 0.15) is 11.5 Å². The summed E-state index contributed by atoms with van der Waals surface area (Å²) < 4.78 is 36.1. The summed E-state index contributed by atoms with van der Waals surface area (Å²) in [7, 11) is -2.73. The molecule has 0 spiro atoms. The standard InChI is InChI=1S/C8H9O4S/c1-12-8-4-2-3-7(5-8)6-13(9,10)11/h2-5H,6H2,1H3. The Bertz CT molecular complexity index is 383. The van der Waals surface area contributed by atoms with Crippen LogP contribution in [-0.2, 0) is 20.4 Å². The van der Waals surface area contributed by atoms with Gasteiger partial charge in [0.2, 0.25) is 0 Å². The van der Waals surface area contributed by atoms with Gasteiger partial charge in [-0.2, -0.15) is 8.42 Å². The van der Waals surface area contributed by atoms with Crippen LogP contribution in [0.1, 0.15) is 5.56 Å². The predicted octanol–water partition coefficient (Wildman–Crippen LogP) is 0.955. The molecule has 0 aromatic heterocycles. The highest BCUT2D eigenvalue weighted by atomic mass is 32.2. The molecule has 0 aliphatic rings. The Labute approximate surface area is 76.9 Å². The topological polar surface area (TPSA) is 63.3 Å². The van der Waals surface area contributed by atoms with Gasteiger partial charge in [0.05, 0.1) is 7.11 Å². The smallest absolute Gasteiger partial charge is 0.298 e. The van der Waals surface area contributed by atoms with Crippen molar-refractivity contribution >= 4 is 10.1 Å². The fraction of sp³-hybridized carbons (Fsp3) is 0.250. The van der Waals surface area contributed by atoms with E-state index in [1.165, 1.54) is 13.2 Å². The summed E-state index contributed by atoms with van der Waals surface area (Å²) in [5, 5.41) is 0. The highest BCUT2D eigenvalue weighted by molar-refractivity contribution is 7.84. The molecule has 0 heterocycles. The Morgan fingerprint density at radius 2 is 2.08 bits per heavy atom. The summed E-state index contributed by atoms with van der Waals surface area (Å²) in [6, 6.07) is 6.41. The van der Waals surface area contributed by atoms with Crippen LogP contribution in [0.3, 0.4) is 0 Å². The van der Waals surface area contributed by atoms with Gasteiger partial charge in [0.25, 0.3) is 10.1 Å². The molecular formula is C8H9O4S. The highest BCUT2D eigenvalue weighted by Gasteiger charge is 2.08. The SMILES string of the molecule is COc1cccc(CS([O])(=O)=O)c1. The van der Waals surface area contributed by atoms with Crippen molar-refractivity contribution in [3.63, 3.8) is 0 Å². The molecular weight excluding hydrogens is 192 g/mol. The zero-order valence-electron chi connectivity index (χ0n) is 7.06. The lowest BCUT2D eigenvalue weighted by molar-refractivity contribution is 0.411. The lowest BCUT2D eigenvalue weighted by atomic mass is 10.2. The molecule has 4 nitrogen and oxygen atoms in total. The number of hydrogen-bond acceptors (Lipinski definition) is 3. The van der Waals surface area contributed by atoms with E-state index in [-0.39, 0.29) is 0 Å². The van der Waals surface area contributed by atoms with Crippen LogP contribution in [0, 0.1) is 0 Å². The first-order valence-electron chi connectivity index (χ1n) is 3.58. The Hall–Kier alpha value is -1.07. The largest absolute Gasteiger partial charge is 0.497 e. The van der Waals surface area contributed by atoms with Crippen molar-refractivity contribution in [1.82, 2.24) is 0 Å². The molecule has 0 bridgehead atoms. The third-order valence-corrected chi connectivity index (χ3v) is 2.16.